The van der Waals surface area contributed by atoms with Gasteiger partial charge in [-0.25, -0.2) is 4.63 Å². The zero-order valence-corrected chi connectivity index (χ0v) is 11.8. The SMILES string of the molecule is CN1CCCCC1CNc1ccc([N+](=O)[O-])c2nonc12. The van der Waals surface area contributed by atoms with Crippen molar-refractivity contribution in [1.29, 1.82) is 0 Å². The van der Waals surface area contributed by atoms with Crippen LogP contribution in [0.2, 0.25) is 0 Å². The standard InChI is InChI=1S/C13H17N5O3/c1-17-7-3-2-4-9(17)8-14-10-5-6-11(18(19)20)13-12(10)15-21-16-13/h5-6,9,14H,2-4,7-8H2,1H3. The van der Waals surface area contributed by atoms with Gasteiger partial charge in [-0.05, 0) is 42.8 Å². The molecular formula is C13H17N5O3. The van der Waals surface area contributed by atoms with Gasteiger partial charge in [-0.1, -0.05) is 6.42 Å². The number of fused-ring (bicyclic) bond motifs is 1. The number of piperidine rings is 1. The van der Waals surface area contributed by atoms with Gasteiger partial charge in [0.05, 0.1) is 10.6 Å². The van der Waals surface area contributed by atoms with Gasteiger partial charge in [-0.15, -0.1) is 0 Å². The van der Waals surface area contributed by atoms with Crippen molar-refractivity contribution in [1.82, 2.24) is 15.2 Å². The van der Waals surface area contributed by atoms with Gasteiger partial charge in [0.15, 0.2) is 5.52 Å². The fourth-order valence-electron chi connectivity index (χ4n) is 2.77. The van der Waals surface area contributed by atoms with Crippen molar-refractivity contribution in [3.8, 4) is 0 Å². The molecule has 0 saturated carbocycles. The molecule has 0 amide bonds. The minimum absolute atomic E-state index is 0.0911. The summed E-state index contributed by atoms with van der Waals surface area (Å²) >= 11 is 0. The van der Waals surface area contributed by atoms with E-state index >= 15 is 0 Å². The van der Waals surface area contributed by atoms with Gasteiger partial charge >= 0.3 is 5.69 Å². The number of nitrogens with one attached hydrogen (secondary N) is 1. The zero-order valence-electron chi connectivity index (χ0n) is 11.8. The Morgan fingerprint density at radius 3 is 3.00 bits per heavy atom. The predicted octanol–water partition coefficient (Wildman–Crippen LogP) is 2.03. The number of likely N-dealkylation sites (tertiary alicyclic amines) is 1. The molecule has 2 aromatic rings. The summed E-state index contributed by atoms with van der Waals surface area (Å²) in [5.41, 5.74) is 1.21. The van der Waals surface area contributed by atoms with Crippen molar-refractivity contribution in [3.05, 3.63) is 22.2 Å². The van der Waals surface area contributed by atoms with Crippen LogP contribution in [0.5, 0.6) is 0 Å². The molecule has 1 saturated heterocycles. The summed E-state index contributed by atoms with van der Waals surface area (Å²) in [5, 5.41) is 21.7. The highest BCUT2D eigenvalue weighted by atomic mass is 16.6. The average Bonchev–Trinajstić information content (AvgIpc) is 2.95. The molecule has 0 aliphatic carbocycles. The molecule has 1 aromatic heterocycles. The minimum Gasteiger partial charge on any atom is -0.382 e. The maximum Gasteiger partial charge on any atom is 0.300 e. The van der Waals surface area contributed by atoms with Gasteiger partial charge in [0.2, 0.25) is 5.52 Å². The van der Waals surface area contributed by atoms with E-state index < -0.39 is 4.92 Å². The van der Waals surface area contributed by atoms with Gasteiger partial charge in [-0.3, -0.25) is 10.1 Å². The van der Waals surface area contributed by atoms with E-state index in [0.717, 1.165) is 25.2 Å². The molecule has 1 aromatic carbocycles. The number of aromatic nitrogens is 2. The van der Waals surface area contributed by atoms with Crippen molar-refractivity contribution in [2.75, 3.05) is 25.5 Å². The van der Waals surface area contributed by atoms with Gasteiger partial charge in [0.25, 0.3) is 0 Å². The van der Waals surface area contributed by atoms with E-state index in [4.69, 9.17) is 0 Å². The van der Waals surface area contributed by atoms with E-state index in [1.54, 1.807) is 6.07 Å². The molecule has 1 N–H and O–H groups in total. The predicted molar refractivity (Wildman–Crippen MR) is 77.2 cm³/mol. The Balaban J connectivity index is 1.80. The lowest BCUT2D eigenvalue weighted by Crippen LogP contribution is -2.40. The zero-order chi connectivity index (χ0) is 14.8. The van der Waals surface area contributed by atoms with E-state index in [1.165, 1.54) is 18.9 Å². The first-order valence-electron chi connectivity index (χ1n) is 7.00. The van der Waals surface area contributed by atoms with Crippen molar-refractivity contribution in [3.63, 3.8) is 0 Å². The van der Waals surface area contributed by atoms with Crippen molar-refractivity contribution >= 4 is 22.4 Å². The third kappa shape index (κ3) is 2.66. The normalized spacial score (nSPS) is 19.8. The van der Waals surface area contributed by atoms with Gasteiger partial charge in [-0.2, -0.15) is 0 Å². The maximum atomic E-state index is 10.9. The van der Waals surface area contributed by atoms with Gasteiger partial charge in [0, 0.05) is 18.7 Å². The number of non-ortho nitro benzene ring substituents is 1. The average molecular weight is 291 g/mol. The molecular weight excluding hydrogens is 274 g/mol. The monoisotopic (exact) mass is 291 g/mol. The summed E-state index contributed by atoms with van der Waals surface area (Å²) < 4.78 is 4.65. The minimum atomic E-state index is -0.481. The molecule has 1 aliphatic heterocycles. The van der Waals surface area contributed by atoms with Crippen LogP contribution >= 0.6 is 0 Å². The Kier molecular flexibility index (Phi) is 3.70. The second-order valence-electron chi connectivity index (χ2n) is 5.36. The second kappa shape index (κ2) is 5.65. The lowest BCUT2D eigenvalue weighted by molar-refractivity contribution is -0.383. The Morgan fingerprint density at radius 2 is 2.24 bits per heavy atom. The highest BCUT2D eigenvalue weighted by Crippen LogP contribution is 2.29. The summed E-state index contributed by atoms with van der Waals surface area (Å²) in [7, 11) is 2.12. The van der Waals surface area contributed by atoms with E-state index in [-0.39, 0.29) is 11.2 Å². The summed E-state index contributed by atoms with van der Waals surface area (Å²) in [5.74, 6) is 0. The molecule has 1 unspecified atom stereocenters. The Bertz CT molecular complexity index is 656. The Labute approximate surface area is 121 Å². The summed E-state index contributed by atoms with van der Waals surface area (Å²) in [4.78, 5) is 12.8. The lowest BCUT2D eigenvalue weighted by Gasteiger charge is -2.32. The van der Waals surface area contributed by atoms with Crippen LogP contribution in [0.1, 0.15) is 19.3 Å². The smallest absolute Gasteiger partial charge is 0.300 e. The molecule has 21 heavy (non-hydrogen) atoms. The number of likely N-dealkylation sites (N-methyl/N-ethyl adjacent to an activating group) is 1. The van der Waals surface area contributed by atoms with Crippen molar-refractivity contribution < 1.29 is 9.55 Å². The van der Waals surface area contributed by atoms with Crippen LogP contribution in [-0.2, 0) is 0 Å². The van der Waals surface area contributed by atoms with E-state index in [1.807, 2.05) is 0 Å². The fourth-order valence-corrected chi connectivity index (χ4v) is 2.77. The summed E-state index contributed by atoms with van der Waals surface area (Å²) in [6.07, 6.45) is 3.62. The first kappa shape index (κ1) is 13.7. The van der Waals surface area contributed by atoms with Crippen LogP contribution in [0, 0.1) is 10.1 Å². The van der Waals surface area contributed by atoms with Gasteiger partial charge in [0.1, 0.15) is 0 Å². The van der Waals surface area contributed by atoms with E-state index in [0.29, 0.717) is 11.6 Å². The van der Waals surface area contributed by atoms with E-state index in [9.17, 15) is 10.1 Å². The molecule has 1 atom stereocenters. The highest BCUT2D eigenvalue weighted by molar-refractivity contribution is 5.93. The number of nitro groups is 1. The molecule has 0 radical (unpaired) electrons. The number of nitro benzene ring substituents is 1. The number of anilines is 1. The van der Waals surface area contributed by atoms with Crippen LogP contribution in [0.15, 0.2) is 16.8 Å². The molecule has 112 valence electrons. The summed E-state index contributed by atoms with van der Waals surface area (Å²) in [6.45, 7) is 1.88. The largest absolute Gasteiger partial charge is 0.382 e. The lowest BCUT2D eigenvalue weighted by atomic mass is 10.0. The van der Waals surface area contributed by atoms with E-state index in [2.05, 4.69) is 32.2 Å². The van der Waals surface area contributed by atoms with Crippen LogP contribution in [0.25, 0.3) is 11.0 Å². The molecule has 3 rings (SSSR count). The second-order valence-corrected chi connectivity index (χ2v) is 5.36. The van der Waals surface area contributed by atoms with Gasteiger partial charge < -0.3 is 10.2 Å². The number of benzene rings is 1. The number of nitrogens with zero attached hydrogens (tertiary/aromatic N) is 4. The topological polar surface area (TPSA) is 97.3 Å². The third-order valence-electron chi connectivity index (χ3n) is 4.04. The molecule has 1 fully saturated rings. The first-order valence-corrected chi connectivity index (χ1v) is 7.00. The Morgan fingerprint density at radius 1 is 1.43 bits per heavy atom. The number of hydrogen-bond donors (Lipinski definition) is 1. The Hall–Kier alpha value is -2.22. The molecule has 8 nitrogen and oxygen atoms in total. The molecule has 0 bridgehead atoms. The van der Waals surface area contributed by atoms with Crippen LogP contribution in [0.4, 0.5) is 11.4 Å². The van der Waals surface area contributed by atoms with Crippen molar-refractivity contribution in [2.45, 2.75) is 25.3 Å². The number of hydrogen-bond acceptors (Lipinski definition) is 7. The molecule has 0 spiro atoms. The summed E-state index contributed by atoms with van der Waals surface area (Å²) in [6, 6.07) is 3.55. The quantitative estimate of drug-likeness (QED) is 0.679. The van der Waals surface area contributed by atoms with Crippen LogP contribution in [0.3, 0.4) is 0 Å². The molecule has 8 heteroatoms. The maximum absolute atomic E-state index is 10.9. The van der Waals surface area contributed by atoms with Crippen LogP contribution < -0.4 is 5.32 Å². The van der Waals surface area contributed by atoms with Crippen molar-refractivity contribution in [2.24, 2.45) is 0 Å². The molecule has 2 heterocycles. The third-order valence-corrected chi connectivity index (χ3v) is 4.04. The van der Waals surface area contributed by atoms with Crippen LogP contribution in [-0.4, -0.2) is 46.3 Å². The number of rotatable bonds is 4. The highest BCUT2D eigenvalue weighted by Gasteiger charge is 2.22. The first-order chi connectivity index (χ1) is 10.2. The fraction of sp³-hybridized carbons (Fsp3) is 0.538. The molecule has 1 aliphatic rings.